The zero-order valence-corrected chi connectivity index (χ0v) is 15.2. The first kappa shape index (κ1) is 17.8. The van der Waals surface area contributed by atoms with Gasteiger partial charge in [-0.05, 0) is 43.5 Å². The van der Waals surface area contributed by atoms with Gasteiger partial charge >= 0.3 is 5.97 Å². The third kappa shape index (κ3) is 3.96. The predicted octanol–water partition coefficient (Wildman–Crippen LogP) is 3.28. The van der Waals surface area contributed by atoms with Crippen LogP contribution in [-0.4, -0.2) is 48.5 Å². The summed E-state index contributed by atoms with van der Waals surface area (Å²) in [5.74, 6) is -0.0894. The van der Waals surface area contributed by atoms with Crippen molar-refractivity contribution >= 4 is 40.1 Å². The lowest BCUT2D eigenvalue weighted by molar-refractivity contribution is -0.117. The van der Waals surface area contributed by atoms with Crippen LogP contribution in [0.25, 0.3) is 10.9 Å². The lowest BCUT2D eigenvalue weighted by Crippen LogP contribution is -2.39. The summed E-state index contributed by atoms with van der Waals surface area (Å²) in [5.41, 5.74) is 1.35. The molecule has 7 heteroatoms. The summed E-state index contributed by atoms with van der Waals surface area (Å²) in [7, 11) is 1.31. The number of aromatic amines is 1. The maximum Gasteiger partial charge on any atom is 0.356 e. The molecule has 0 saturated carbocycles. The number of likely N-dealkylation sites (tertiary alicyclic amines) is 1. The van der Waals surface area contributed by atoms with Crippen LogP contribution < -0.4 is 5.32 Å². The Morgan fingerprint density at radius 2 is 2.24 bits per heavy atom. The van der Waals surface area contributed by atoms with Gasteiger partial charge in [0, 0.05) is 22.5 Å². The van der Waals surface area contributed by atoms with Gasteiger partial charge in [-0.3, -0.25) is 9.69 Å². The van der Waals surface area contributed by atoms with E-state index in [0.717, 1.165) is 19.5 Å². The molecule has 2 aromatic rings. The minimum absolute atomic E-state index is 0.153. The summed E-state index contributed by atoms with van der Waals surface area (Å²) in [6.07, 6.45) is 2.30. The summed E-state index contributed by atoms with van der Waals surface area (Å²) >= 11 is 6.07. The SMILES string of the molecule is COC(=O)c1[nH]c2ccc(Cl)cc2c1NC(=O)CN1CCC[C@H](C)C1. The maximum absolute atomic E-state index is 12.5. The van der Waals surface area contributed by atoms with Gasteiger partial charge in [0.25, 0.3) is 0 Å². The molecule has 1 fully saturated rings. The van der Waals surface area contributed by atoms with E-state index in [1.54, 1.807) is 18.2 Å². The van der Waals surface area contributed by atoms with E-state index >= 15 is 0 Å². The van der Waals surface area contributed by atoms with Crippen molar-refractivity contribution in [3.8, 4) is 0 Å². The summed E-state index contributed by atoms with van der Waals surface area (Å²) in [6.45, 7) is 4.33. The molecule has 1 aromatic carbocycles. The number of hydrogen-bond acceptors (Lipinski definition) is 4. The number of H-pyrrole nitrogens is 1. The molecule has 0 radical (unpaired) electrons. The van der Waals surface area contributed by atoms with E-state index in [-0.39, 0.29) is 11.6 Å². The summed E-state index contributed by atoms with van der Waals surface area (Å²) < 4.78 is 4.82. The van der Waals surface area contributed by atoms with Gasteiger partial charge in [-0.15, -0.1) is 0 Å². The average Bonchev–Trinajstić information content (AvgIpc) is 2.92. The number of benzene rings is 1. The number of rotatable bonds is 4. The Bertz CT molecular complexity index is 802. The van der Waals surface area contributed by atoms with Crippen molar-refractivity contribution < 1.29 is 14.3 Å². The molecule has 0 unspecified atom stereocenters. The fourth-order valence-corrected chi connectivity index (χ4v) is 3.53. The molecule has 1 aliphatic heterocycles. The topological polar surface area (TPSA) is 74.4 Å². The highest BCUT2D eigenvalue weighted by molar-refractivity contribution is 6.31. The van der Waals surface area contributed by atoms with Gasteiger partial charge in [0.05, 0.1) is 19.3 Å². The Labute approximate surface area is 151 Å². The van der Waals surface area contributed by atoms with Crippen LogP contribution in [-0.2, 0) is 9.53 Å². The molecule has 3 rings (SSSR count). The number of halogens is 1. The molecule has 134 valence electrons. The second kappa shape index (κ2) is 7.45. The molecule has 2 heterocycles. The molecule has 0 aliphatic carbocycles. The molecule has 1 aliphatic rings. The number of hydrogen-bond donors (Lipinski definition) is 2. The number of methoxy groups -OCH3 is 1. The van der Waals surface area contributed by atoms with Gasteiger partial charge in [-0.1, -0.05) is 18.5 Å². The van der Waals surface area contributed by atoms with Crippen LogP contribution in [0.4, 0.5) is 5.69 Å². The number of fused-ring (bicyclic) bond motifs is 1. The number of esters is 1. The van der Waals surface area contributed by atoms with Gasteiger partial charge < -0.3 is 15.0 Å². The number of piperidine rings is 1. The van der Waals surface area contributed by atoms with E-state index in [4.69, 9.17) is 16.3 Å². The highest BCUT2D eigenvalue weighted by Crippen LogP contribution is 2.30. The highest BCUT2D eigenvalue weighted by Gasteiger charge is 2.23. The third-order valence-corrected chi connectivity index (χ3v) is 4.76. The molecular formula is C18H22ClN3O3. The second-order valence-corrected chi connectivity index (χ2v) is 7.02. The van der Waals surface area contributed by atoms with E-state index in [1.807, 2.05) is 0 Å². The molecular weight excluding hydrogens is 342 g/mol. The summed E-state index contributed by atoms with van der Waals surface area (Å²) in [6, 6.07) is 5.21. The van der Waals surface area contributed by atoms with Gasteiger partial charge in [-0.2, -0.15) is 0 Å². The van der Waals surface area contributed by atoms with Crippen LogP contribution in [0.15, 0.2) is 18.2 Å². The number of nitrogens with one attached hydrogen (secondary N) is 2. The van der Waals surface area contributed by atoms with E-state index < -0.39 is 5.97 Å². The van der Waals surface area contributed by atoms with Crippen molar-refractivity contribution in [2.75, 3.05) is 32.1 Å². The van der Waals surface area contributed by atoms with Crippen molar-refractivity contribution in [3.63, 3.8) is 0 Å². The minimum Gasteiger partial charge on any atom is -0.464 e. The molecule has 1 atom stereocenters. The van der Waals surface area contributed by atoms with Crippen molar-refractivity contribution in [2.24, 2.45) is 5.92 Å². The van der Waals surface area contributed by atoms with Gasteiger partial charge in [0.15, 0.2) is 0 Å². The fourth-order valence-electron chi connectivity index (χ4n) is 3.36. The van der Waals surface area contributed by atoms with Gasteiger partial charge in [0.1, 0.15) is 5.69 Å². The molecule has 1 amide bonds. The second-order valence-electron chi connectivity index (χ2n) is 6.59. The van der Waals surface area contributed by atoms with Crippen molar-refractivity contribution in [2.45, 2.75) is 19.8 Å². The number of anilines is 1. The standard InChI is InChI=1S/C18H22ClN3O3/c1-11-4-3-7-22(9-11)10-15(23)21-16-13-8-12(19)5-6-14(13)20-17(16)18(24)25-2/h5-6,8,11,20H,3-4,7,9-10H2,1-2H3,(H,21,23)/t11-/m0/s1. The lowest BCUT2D eigenvalue weighted by atomic mass is 10.0. The number of ether oxygens (including phenoxy) is 1. The van der Waals surface area contributed by atoms with Crippen LogP contribution >= 0.6 is 11.6 Å². The van der Waals surface area contributed by atoms with Crippen LogP contribution in [0.3, 0.4) is 0 Å². The quantitative estimate of drug-likeness (QED) is 0.817. The Balaban J connectivity index is 1.84. The first-order valence-corrected chi connectivity index (χ1v) is 8.77. The van der Waals surface area contributed by atoms with Gasteiger partial charge in [-0.25, -0.2) is 4.79 Å². The largest absolute Gasteiger partial charge is 0.464 e. The maximum atomic E-state index is 12.5. The number of amides is 1. The fraction of sp³-hybridized carbons (Fsp3) is 0.444. The lowest BCUT2D eigenvalue weighted by Gasteiger charge is -2.30. The van der Waals surface area contributed by atoms with Crippen molar-refractivity contribution in [1.29, 1.82) is 0 Å². The van der Waals surface area contributed by atoms with Crippen LogP contribution in [0.1, 0.15) is 30.3 Å². The normalized spacial score (nSPS) is 18.3. The Morgan fingerprint density at radius 3 is 2.96 bits per heavy atom. The first-order chi connectivity index (χ1) is 12.0. The molecule has 2 N–H and O–H groups in total. The molecule has 6 nitrogen and oxygen atoms in total. The van der Waals surface area contributed by atoms with E-state index in [0.29, 0.717) is 34.1 Å². The number of carbonyl (C=O) groups excluding carboxylic acids is 2. The van der Waals surface area contributed by atoms with Crippen LogP contribution in [0, 0.1) is 5.92 Å². The first-order valence-electron chi connectivity index (χ1n) is 8.39. The highest BCUT2D eigenvalue weighted by atomic mass is 35.5. The molecule has 1 aromatic heterocycles. The Morgan fingerprint density at radius 1 is 1.44 bits per heavy atom. The van der Waals surface area contributed by atoms with Crippen LogP contribution in [0.2, 0.25) is 5.02 Å². The van der Waals surface area contributed by atoms with E-state index in [9.17, 15) is 9.59 Å². The van der Waals surface area contributed by atoms with Crippen molar-refractivity contribution in [1.82, 2.24) is 9.88 Å². The summed E-state index contributed by atoms with van der Waals surface area (Å²) in [4.78, 5) is 29.7. The number of aromatic nitrogens is 1. The Kier molecular flexibility index (Phi) is 5.30. The zero-order chi connectivity index (χ0) is 18.0. The predicted molar refractivity (Wildman–Crippen MR) is 98.1 cm³/mol. The monoisotopic (exact) mass is 363 g/mol. The van der Waals surface area contributed by atoms with E-state index in [1.165, 1.54) is 13.5 Å². The Hall–Kier alpha value is -2.05. The number of carbonyl (C=O) groups is 2. The third-order valence-electron chi connectivity index (χ3n) is 4.52. The van der Waals surface area contributed by atoms with Gasteiger partial charge in [0.2, 0.25) is 5.91 Å². The average molecular weight is 364 g/mol. The molecule has 0 bridgehead atoms. The molecule has 0 spiro atoms. The van der Waals surface area contributed by atoms with Crippen molar-refractivity contribution in [3.05, 3.63) is 28.9 Å². The molecule has 25 heavy (non-hydrogen) atoms. The number of nitrogens with zero attached hydrogens (tertiary/aromatic N) is 1. The smallest absolute Gasteiger partial charge is 0.356 e. The zero-order valence-electron chi connectivity index (χ0n) is 14.4. The van der Waals surface area contributed by atoms with E-state index in [2.05, 4.69) is 22.1 Å². The molecule has 1 saturated heterocycles. The summed E-state index contributed by atoms with van der Waals surface area (Å²) in [5, 5.41) is 4.09. The minimum atomic E-state index is -0.533. The van der Waals surface area contributed by atoms with Crippen LogP contribution in [0.5, 0.6) is 0 Å².